The van der Waals surface area contributed by atoms with Gasteiger partial charge in [0.25, 0.3) is 0 Å². The standard InChI is InChI=1S/C14H16N2O2/c1-2-17-12-7-3-4-8-13(12)18-14-11(10-15)6-5-9-16-14/h3-9H,2,10,15H2,1H3. The minimum Gasteiger partial charge on any atom is -0.490 e. The van der Waals surface area contributed by atoms with Crippen LogP contribution in [0.1, 0.15) is 12.5 Å². The van der Waals surface area contributed by atoms with Crippen molar-refractivity contribution < 1.29 is 9.47 Å². The van der Waals surface area contributed by atoms with Crippen LogP contribution in [-0.4, -0.2) is 11.6 Å². The molecular formula is C14H16N2O2. The minimum atomic E-state index is 0.389. The van der Waals surface area contributed by atoms with Crippen LogP contribution >= 0.6 is 0 Å². The molecule has 2 N–H and O–H groups in total. The summed E-state index contributed by atoms with van der Waals surface area (Å²) >= 11 is 0. The molecule has 1 aromatic carbocycles. The van der Waals surface area contributed by atoms with Gasteiger partial charge in [0.05, 0.1) is 6.61 Å². The van der Waals surface area contributed by atoms with Gasteiger partial charge in [0.15, 0.2) is 11.5 Å². The SMILES string of the molecule is CCOc1ccccc1Oc1ncccc1CN. The lowest BCUT2D eigenvalue weighted by Crippen LogP contribution is -2.02. The fourth-order valence-electron chi connectivity index (χ4n) is 1.58. The fourth-order valence-corrected chi connectivity index (χ4v) is 1.58. The lowest BCUT2D eigenvalue weighted by Gasteiger charge is -2.12. The van der Waals surface area contributed by atoms with Crippen LogP contribution in [0.25, 0.3) is 0 Å². The topological polar surface area (TPSA) is 57.4 Å². The van der Waals surface area contributed by atoms with Crippen molar-refractivity contribution in [1.29, 1.82) is 0 Å². The van der Waals surface area contributed by atoms with Crippen molar-refractivity contribution in [2.45, 2.75) is 13.5 Å². The van der Waals surface area contributed by atoms with Gasteiger partial charge in [-0.3, -0.25) is 0 Å². The number of nitrogens with zero attached hydrogens (tertiary/aromatic N) is 1. The molecule has 2 rings (SSSR count). The van der Waals surface area contributed by atoms with E-state index in [1.807, 2.05) is 43.3 Å². The van der Waals surface area contributed by atoms with E-state index < -0.39 is 0 Å². The van der Waals surface area contributed by atoms with E-state index in [2.05, 4.69) is 4.98 Å². The summed E-state index contributed by atoms with van der Waals surface area (Å²) in [6.45, 7) is 2.91. The maximum Gasteiger partial charge on any atom is 0.223 e. The van der Waals surface area contributed by atoms with Gasteiger partial charge in [-0.05, 0) is 25.1 Å². The van der Waals surface area contributed by atoms with Crippen LogP contribution in [0.15, 0.2) is 42.6 Å². The van der Waals surface area contributed by atoms with E-state index in [4.69, 9.17) is 15.2 Å². The van der Waals surface area contributed by atoms with Crippen LogP contribution in [0, 0.1) is 0 Å². The van der Waals surface area contributed by atoms with Gasteiger partial charge < -0.3 is 15.2 Å². The zero-order valence-corrected chi connectivity index (χ0v) is 10.3. The quantitative estimate of drug-likeness (QED) is 0.878. The number of hydrogen-bond donors (Lipinski definition) is 1. The summed E-state index contributed by atoms with van der Waals surface area (Å²) in [6, 6.07) is 11.2. The average molecular weight is 244 g/mol. The number of pyridine rings is 1. The summed E-state index contributed by atoms with van der Waals surface area (Å²) in [5.41, 5.74) is 6.51. The summed E-state index contributed by atoms with van der Waals surface area (Å²) in [7, 11) is 0. The number of para-hydroxylation sites is 2. The Morgan fingerprint density at radius 1 is 1.11 bits per heavy atom. The number of nitrogens with two attached hydrogens (primary N) is 1. The van der Waals surface area contributed by atoms with Crippen molar-refractivity contribution in [2.75, 3.05) is 6.61 Å². The second-order valence-corrected chi connectivity index (χ2v) is 3.65. The van der Waals surface area contributed by atoms with E-state index in [1.54, 1.807) is 6.20 Å². The normalized spacial score (nSPS) is 10.1. The Balaban J connectivity index is 2.28. The number of rotatable bonds is 5. The van der Waals surface area contributed by atoms with Crippen LogP contribution in [0.2, 0.25) is 0 Å². The first kappa shape index (κ1) is 12.4. The summed E-state index contributed by atoms with van der Waals surface area (Å²) in [5.74, 6) is 1.87. The van der Waals surface area contributed by atoms with Crippen molar-refractivity contribution in [3.8, 4) is 17.4 Å². The second kappa shape index (κ2) is 6.02. The van der Waals surface area contributed by atoms with Crippen molar-refractivity contribution in [2.24, 2.45) is 5.73 Å². The Bertz CT molecular complexity index is 515. The van der Waals surface area contributed by atoms with Gasteiger partial charge in [-0.1, -0.05) is 18.2 Å². The number of hydrogen-bond acceptors (Lipinski definition) is 4. The molecule has 0 aliphatic rings. The molecule has 0 bridgehead atoms. The maximum atomic E-state index is 5.77. The minimum absolute atomic E-state index is 0.389. The number of benzene rings is 1. The molecule has 0 unspecified atom stereocenters. The predicted molar refractivity (Wildman–Crippen MR) is 69.8 cm³/mol. The molecule has 0 saturated carbocycles. The van der Waals surface area contributed by atoms with E-state index in [9.17, 15) is 0 Å². The first-order valence-electron chi connectivity index (χ1n) is 5.88. The van der Waals surface area contributed by atoms with Gasteiger partial charge in [-0.2, -0.15) is 0 Å². The van der Waals surface area contributed by atoms with E-state index in [0.717, 1.165) is 5.56 Å². The smallest absolute Gasteiger partial charge is 0.223 e. The highest BCUT2D eigenvalue weighted by molar-refractivity contribution is 5.42. The molecule has 0 radical (unpaired) electrons. The highest BCUT2D eigenvalue weighted by Gasteiger charge is 2.08. The second-order valence-electron chi connectivity index (χ2n) is 3.65. The third-order valence-electron chi connectivity index (χ3n) is 2.43. The van der Waals surface area contributed by atoms with Crippen LogP contribution in [-0.2, 0) is 6.54 Å². The largest absolute Gasteiger partial charge is 0.490 e. The molecule has 2 aromatic rings. The molecule has 94 valence electrons. The molecule has 0 aliphatic carbocycles. The van der Waals surface area contributed by atoms with Crippen molar-refractivity contribution >= 4 is 0 Å². The molecule has 0 amide bonds. The first-order chi connectivity index (χ1) is 8.85. The molecule has 0 atom stereocenters. The maximum absolute atomic E-state index is 5.77. The first-order valence-corrected chi connectivity index (χ1v) is 5.88. The zero-order chi connectivity index (χ0) is 12.8. The van der Waals surface area contributed by atoms with Gasteiger partial charge in [-0.15, -0.1) is 0 Å². The van der Waals surface area contributed by atoms with Crippen LogP contribution < -0.4 is 15.2 Å². The monoisotopic (exact) mass is 244 g/mol. The van der Waals surface area contributed by atoms with E-state index in [-0.39, 0.29) is 0 Å². The fraction of sp³-hybridized carbons (Fsp3) is 0.214. The number of aromatic nitrogens is 1. The molecule has 0 fully saturated rings. The number of ether oxygens (including phenoxy) is 2. The highest BCUT2D eigenvalue weighted by Crippen LogP contribution is 2.31. The molecule has 1 heterocycles. The van der Waals surface area contributed by atoms with Crippen molar-refractivity contribution in [1.82, 2.24) is 4.98 Å². The summed E-state index contributed by atoms with van der Waals surface area (Å²) in [4.78, 5) is 4.19. The third-order valence-corrected chi connectivity index (χ3v) is 2.43. The summed E-state index contributed by atoms with van der Waals surface area (Å²) in [5, 5.41) is 0. The Morgan fingerprint density at radius 2 is 1.89 bits per heavy atom. The lowest BCUT2D eigenvalue weighted by atomic mass is 10.2. The predicted octanol–water partition coefficient (Wildman–Crippen LogP) is 2.73. The zero-order valence-electron chi connectivity index (χ0n) is 10.3. The third kappa shape index (κ3) is 2.78. The van der Waals surface area contributed by atoms with Gasteiger partial charge in [0.2, 0.25) is 5.88 Å². The van der Waals surface area contributed by atoms with E-state index in [1.165, 1.54) is 0 Å². The lowest BCUT2D eigenvalue weighted by molar-refractivity contribution is 0.319. The summed E-state index contributed by atoms with van der Waals surface area (Å²) in [6.07, 6.45) is 1.68. The molecular weight excluding hydrogens is 228 g/mol. The highest BCUT2D eigenvalue weighted by atomic mass is 16.5. The molecule has 0 spiro atoms. The van der Waals surface area contributed by atoms with Gasteiger partial charge in [0, 0.05) is 18.3 Å². The van der Waals surface area contributed by atoms with Gasteiger partial charge in [-0.25, -0.2) is 4.98 Å². The Labute approximate surface area is 106 Å². The van der Waals surface area contributed by atoms with E-state index >= 15 is 0 Å². The summed E-state index contributed by atoms with van der Waals surface area (Å²) < 4.78 is 11.3. The Morgan fingerprint density at radius 3 is 2.61 bits per heavy atom. The van der Waals surface area contributed by atoms with E-state index in [0.29, 0.717) is 30.5 Å². The Kier molecular flexibility index (Phi) is 4.15. The molecule has 0 saturated heterocycles. The van der Waals surface area contributed by atoms with Crippen LogP contribution in [0.3, 0.4) is 0 Å². The molecule has 4 heteroatoms. The molecule has 4 nitrogen and oxygen atoms in total. The Hall–Kier alpha value is -2.07. The van der Waals surface area contributed by atoms with Crippen molar-refractivity contribution in [3.63, 3.8) is 0 Å². The van der Waals surface area contributed by atoms with Crippen LogP contribution in [0.5, 0.6) is 17.4 Å². The van der Waals surface area contributed by atoms with Crippen molar-refractivity contribution in [3.05, 3.63) is 48.2 Å². The average Bonchev–Trinajstić information content (AvgIpc) is 2.42. The molecule has 0 aliphatic heterocycles. The van der Waals surface area contributed by atoms with Crippen LogP contribution in [0.4, 0.5) is 0 Å². The molecule has 1 aromatic heterocycles. The van der Waals surface area contributed by atoms with Gasteiger partial charge >= 0.3 is 0 Å². The van der Waals surface area contributed by atoms with Gasteiger partial charge in [0.1, 0.15) is 0 Å². The molecule has 18 heavy (non-hydrogen) atoms.